The molecule has 1 N–H and O–H groups in total. The smallest absolute Gasteiger partial charge is 0.271 e. The molecule has 0 aliphatic carbocycles. The molecule has 2 heterocycles. The molecule has 0 bridgehead atoms. The van der Waals surface area contributed by atoms with Crippen molar-refractivity contribution in [2.75, 3.05) is 0 Å². The topological polar surface area (TPSA) is 77.1 Å². The fourth-order valence-electron chi connectivity index (χ4n) is 1.92. The summed E-state index contributed by atoms with van der Waals surface area (Å²) in [6.45, 7) is -0.621. The Balaban J connectivity index is 1.96. The van der Waals surface area contributed by atoms with Gasteiger partial charge >= 0.3 is 12.4 Å². The maximum Gasteiger partial charge on any atom is 0.436 e. The Morgan fingerprint density at radius 1 is 1.30 bits per heavy atom. The molecule has 14 heteroatoms. The van der Waals surface area contributed by atoms with E-state index in [-0.39, 0.29) is 11.4 Å². The van der Waals surface area contributed by atoms with Gasteiger partial charge in [-0.3, -0.25) is 14.2 Å². The summed E-state index contributed by atoms with van der Waals surface area (Å²) in [5.41, 5.74) is 0.672. The SMILES string of the molecule is Cc1c(Cl)c(C(F)(F)F)nn1CC(=O)NN=Cc1ccn(CC(F)(F)F)n1. The minimum absolute atomic E-state index is 0.0391. The van der Waals surface area contributed by atoms with Crippen molar-refractivity contribution in [2.45, 2.75) is 32.4 Å². The number of hydrazone groups is 1. The van der Waals surface area contributed by atoms with Crippen LogP contribution in [0.5, 0.6) is 0 Å². The highest BCUT2D eigenvalue weighted by Crippen LogP contribution is 2.35. The van der Waals surface area contributed by atoms with Crippen molar-refractivity contribution < 1.29 is 31.1 Å². The van der Waals surface area contributed by atoms with Crippen molar-refractivity contribution in [3.63, 3.8) is 0 Å². The highest BCUT2D eigenvalue weighted by Gasteiger charge is 2.38. The Bertz CT molecular complexity index is 853. The van der Waals surface area contributed by atoms with Gasteiger partial charge in [0.25, 0.3) is 5.91 Å². The minimum Gasteiger partial charge on any atom is -0.271 e. The fourth-order valence-corrected chi connectivity index (χ4v) is 2.16. The molecule has 0 atom stereocenters. The third-order valence-electron chi connectivity index (χ3n) is 3.08. The predicted molar refractivity (Wildman–Crippen MR) is 81.0 cm³/mol. The van der Waals surface area contributed by atoms with Crippen molar-refractivity contribution >= 4 is 23.7 Å². The Hall–Kier alpha value is -2.57. The molecular weight excluding hydrogens is 406 g/mol. The third kappa shape index (κ3) is 5.70. The zero-order chi connectivity index (χ0) is 20.4. The summed E-state index contributed by atoms with van der Waals surface area (Å²) in [6.07, 6.45) is -7.15. The van der Waals surface area contributed by atoms with E-state index in [2.05, 4.69) is 15.3 Å². The molecule has 0 spiro atoms. The molecule has 0 aliphatic rings. The Morgan fingerprint density at radius 2 is 1.96 bits per heavy atom. The van der Waals surface area contributed by atoms with Gasteiger partial charge in [0.2, 0.25) is 0 Å². The number of amides is 1. The lowest BCUT2D eigenvalue weighted by Gasteiger charge is -2.05. The lowest BCUT2D eigenvalue weighted by atomic mass is 10.3. The van der Waals surface area contributed by atoms with Crippen molar-refractivity contribution in [3.8, 4) is 0 Å². The van der Waals surface area contributed by atoms with E-state index in [0.717, 1.165) is 17.1 Å². The van der Waals surface area contributed by atoms with Crippen LogP contribution in [0.15, 0.2) is 17.4 Å². The first-order chi connectivity index (χ1) is 12.4. The molecule has 0 aliphatic heterocycles. The Labute approximate surface area is 152 Å². The lowest BCUT2D eigenvalue weighted by molar-refractivity contribution is -0.143. The van der Waals surface area contributed by atoms with Crippen LogP contribution >= 0.6 is 11.6 Å². The molecule has 0 fully saturated rings. The van der Waals surface area contributed by atoms with E-state index >= 15 is 0 Å². The van der Waals surface area contributed by atoms with E-state index in [0.29, 0.717) is 4.68 Å². The summed E-state index contributed by atoms with van der Waals surface area (Å²) in [4.78, 5) is 11.7. The van der Waals surface area contributed by atoms with Crippen molar-refractivity contribution in [2.24, 2.45) is 5.10 Å². The molecule has 0 saturated carbocycles. The number of rotatable bonds is 5. The molecule has 2 aromatic heterocycles. The number of alkyl halides is 6. The van der Waals surface area contributed by atoms with Crippen LogP contribution in [0.25, 0.3) is 0 Å². The van der Waals surface area contributed by atoms with E-state index in [9.17, 15) is 31.1 Å². The number of nitrogens with zero attached hydrogens (tertiary/aromatic N) is 5. The molecule has 0 unspecified atom stereocenters. The van der Waals surface area contributed by atoms with Gasteiger partial charge in [0, 0.05) is 6.20 Å². The number of hydrogen-bond donors (Lipinski definition) is 1. The molecule has 2 rings (SSSR count). The number of carbonyl (C=O) groups excluding carboxylic acids is 1. The zero-order valence-electron chi connectivity index (χ0n) is 13.4. The van der Waals surface area contributed by atoms with Crippen LogP contribution in [0.3, 0.4) is 0 Å². The van der Waals surface area contributed by atoms with E-state index in [1.54, 1.807) is 0 Å². The summed E-state index contributed by atoms with van der Waals surface area (Å²) in [5.74, 6) is -0.822. The first kappa shape index (κ1) is 20.7. The van der Waals surface area contributed by atoms with E-state index in [1.165, 1.54) is 13.0 Å². The normalized spacial score (nSPS) is 12.7. The van der Waals surface area contributed by atoms with Gasteiger partial charge in [0.1, 0.15) is 18.8 Å². The fraction of sp³-hybridized carbons (Fsp3) is 0.385. The van der Waals surface area contributed by atoms with Crippen LogP contribution in [-0.2, 0) is 24.1 Å². The predicted octanol–water partition coefficient (Wildman–Crippen LogP) is 2.77. The number of aromatic nitrogens is 4. The number of nitrogens with one attached hydrogen (secondary N) is 1. The second kappa shape index (κ2) is 7.58. The lowest BCUT2D eigenvalue weighted by Crippen LogP contribution is -2.24. The quantitative estimate of drug-likeness (QED) is 0.462. The third-order valence-corrected chi connectivity index (χ3v) is 3.54. The monoisotopic (exact) mass is 416 g/mol. The minimum atomic E-state index is -4.77. The van der Waals surface area contributed by atoms with Crippen LogP contribution in [0.2, 0.25) is 5.02 Å². The van der Waals surface area contributed by atoms with Gasteiger partial charge < -0.3 is 0 Å². The van der Waals surface area contributed by atoms with Crippen LogP contribution in [0.4, 0.5) is 26.3 Å². The van der Waals surface area contributed by atoms with Crippen LogP contribution in [0.1, 0.15) is 17.1 Å². The van der Waals surface area contributed by atoms with Crippen LogP contribution < -0.4 is 5.43 Å². The highest BCUT2D eigenvalue weighted by atomic mass is 35.5. The van der Waals surface area contributed by atoms with Gasteiger partial charge in [-0.2, -0.15) is 41.6 Å². The number of halogens is 7. The van der Waals surface area contributed by atoms with Crippen LogP contribution in [0, 0.1) is 6.92 Å². The molecule has 7 nitrogen and oxygen atoms in total. The van der Waals surface area contributed by atoms with Gasteiger partial charge in [-0.1, -0.05) is 11.6 Å². The average Bonchev–Trinajstić information content (AvgIpc) is 3.04. The van der Waals surface area contributed by atoms with Gasteiger partial charge in [0.15, 0.2) is 5.69 Å². The molecule has 0 radical (unpaired) electrons. The van der Waals surface area contributed by atoms with Gasteiger partial charge in [-0.25, -0.2) is 5.43 Å². The maximum absolute atomic E-state index is 12.7. The van der Waals surface area contributed by atoms with E-state index in [1.807, 2.05) is 5.43 Å². The van der Waals surface area contributed by atoms with Crippen molar-refractivity contribution in [3.05, 3.63) is 34.4 Å². The Kier molecular flexibility index (Phi) is 5.82. The summed E-state index contributed by atoms with van der Waals surface area (Å²) in [7, 11) is 0. The zero-order valence-corrected chi connectivity index (χ0v) is 14.2. The number of carbonyl (C=O) groups is 1. The van der Waals surface area contributed by atoms with Crippen molar-refractivity contribution in [1.29, 1.82) is 0 Å². The summed E-state index contributed by atoms with van der Waals surface area (Å²) >= 11 is 5.56. The van der Waals surface area contributed by atoms with Crippen molar-refractivity contribution in [1.82, 2.24) is 25.0 Å². The van der Waals surface area contributed by atoms with Gasteiger partial charge in [-0.05, 0) is 13.0 Å². The molecule has 2 aromatic rings. The van der Waals surface area contributed by atoms with E-state index < -0.39 is 42.1 Å². The summed E-state index contributed by atoms with van der Waals surface area (Å²) in [5, 5.41) is 9.68. The summed E-state index contributed by atoms with van der Waals surface area (Å²) in [6, 6.07) is 1.23. The first-order valence-electron chi connectivity index (χ1n) is 7.09. The average molecular weight is 417 g/mol. The highest BCUT2D eigenvalue weighted by molar-refractivity contribution is 6.32. The second-order valence-corrected chi connectivity index (χ2v) is 5.63. The van der Waals surface area contributed by atoms with Gasteiger partial charge in [0.05, 0.1) is 16.9 Å². The largest absolute Gasteiger partial charge is 0.436 e. The molecule has 1 amide bonds. The summed E-state index contributed by atoms with van der Waals surface area (Å²) < 4.78 is 76.2. The second-order valence-electron chi connectivity index (χ2n) is 5.25. The molecular formula is C13H11ClF6N6O. The molecule has 27 heavy (non-hydrogen) atoms. The molecule has 148 valence electrons. The van der Waals surface area contributed by atoms with E-state index in [4.69, 9.17) is 11.6 Å². The van der Waals surface area contributed by atoms with Gasteiger partial charge in [-0.15, -0.1) is 0 Å². The van der Waals surface area contributed by atoms with Crippen LogP contribution in [-0.4, -0.2) is 37.9 Å². The Morgan fingerprint density at radius 3 is 2.52 bits per heavy atom. The molecule has 0 saturated heterocycles. The number of hydrogen-bond acceptors (Lipinski definition) is 4. The first-order valence-corrected chi connectivity index (χ1v) is 7.47. The maximum atomic E-state index is 12.7. The molecule has 0 aromatic carbocycles. The standard InChI is InChI=1S/C13H11ClF6N6O/c1-7-10(14)11(13(18,19)20)24-26(7)5-9(27)22-21-4-8-2-3-25(23-8)6-12(15,16)17/h2-4H,5-6H2,1H3,(H,22,27).